The molecular formula is C12H11N3O2. The fraction of sp³-hybridized carbons (Fsp3) is 0. The van der Waals surface area contributed by atoms with Gasteiger partial charge in [0.15, 0.2) is 5.82 Å². The second-order valence-electron chi connectivity index (χ2n) is 3.45. The van der Waals surface area contributed by atoms with Gasteiger partial charge in [0.2, 0.25) is 0 Å². The van der Waals surface area contributed by atoms with Gasteiger partial charge in [0.1, 0.15) is 0 Å². The average molecular weight is 229 g/mol. The third kappa shape index (κ3) is 2.52. The van der Waals surface area contributed by atoms with Gasteiger partial charge in [0.25, 0.3) is 0 Å². The first-order chi connectivity index (χ1) is 8.16. The Balaban J connectivity index is 2.20. The predicted molar refractivity (Wildman–Crippen MR) is 65.3 cm³/mol. The zero-order chi connectivity index (χ0) is 12.3. The predicted octanol–water partition coefficient (Wildman–Crippen LogP) is 2.11. The molecule has 0 radical (unpaired) electrons. The van der Waals surface area contributed by atoms with Crippen molar-refractivity contribution in [2.24, 2.45) is 0 Å². The average Bonchev–Trinajstić information content (AvgIpc) is 2.33. The molecule has 0 bridgehead atoms. The van der Waals surface area contributed by atoms with E-state index in [1.165, 1.54) is 12.1 Å². The summed E-state index contributed by atoms with van der Waals surface area (Å²) in [5.41, 5.74) is 7.24. The van der Waals surface area contributed by atoms with E-state index in [9.17, 15) is 4.79 Å². The highest BCUT2D eigenvalue weighted by molar-refractivity contribution is 5.88. The Hall–Kier alpha value is -2.56. The van der Waals surface area contributed by atoms with Crippen molar-refractivity contribution in [2.75, 3.05) is 11.1 Å². The molecule has 2 rings (SSSR count). The van der Waals surface area contributed by atoms with Crippen LogP contribution in [0.25, 0.3) is 0 Å². The molecule has 0 aliphatic rings. The summed E-state index contributed by atoms with van der Waals surface area (Å²) in [6, 6.07) is 9.84. The number of carboxylic acid groups (broad SMARTS) is 1. The molecule has 0 atom stereocenters. The number of hydrogen-bond donors (Lipinski definition) is 3. The molecule has 5 heteroatoms. The highest BCUT2D eigenvalue weighted by Gasteiger charge is 2.03. The van der Waals surface area contributed by atoms with E-state index in [0.29, 0.717) is 11.5 Å². The largest absolute Gasteiger partial charge is 0.478 e. The van der Waals surface area contributed by atoms with E-state index in [2.05, 4.69) is 10.3 Å². The molecular weight excluding hydrogens is 218 g/mol. The molecule has 1 heterocycles. The quantitative estimate of drug-likeness (QED) is 0.750. The summed E-state index contributed by atoms with van der Waals surface area (Å²) in [5.74, 6) is -0.399. The zero-order valence-electron chi connectivity index (χ0n) is 8.92. The minimum Gasteiger partial charge on any atom is -0.478 e. The van der Waals surface area contributed by atoms with Gasteiger partial charge in [-0.3, -0.25) is 0 Å². The van der Waals surface area contributed by atoms with Gasteiger partial charge in [-0.15, -0.1) is 0 Å². The maximum Gasteiger partial charge on any atom is 0.335 e. The lowest BCUT2D eigenvalue weighted by molar-refractivity contribution is 0.0697. The molecule has 17 heavy (non-hydrogen) atoms. The third-order valence-corrected chi connectivity index (χ3v) is 2.23. The number of nitrogen functional groups attached to an aromatic ring is 1. The Morgan fingerprint density at radius 3 is 2.53 bits per heavy atom. The highest BCUT2D eigenvalue weighted by atomic mass is 16.4. The van der Waals surface area contributed by atoms with Crippen molar-refractivity contribution >= 4 is 23.2 Å². The minimum absolute atomic E-state index is 0.240. The maximum absolute atomic E-state index is 10.7. The van der Waals surface area contributed by atoms with Crippen LogP contribution in [0.2, 0.25) is 0 Å². The van der Waals surface area contributed by atoms with Gasteiger partial charge in [0, 0.05) is 11.9 Å². The smallest absolute Gasteiger partial charge is 0.335 e. The van der Waals surface area contributed by atoms with Crippen molar-refractivity contribution in [3.63, 3.8) is 0 Å². The molecule has 0 amide bonds. The number of anilines is 3. The van der Waals surface area contributed by atoms with Crippen LogP contribution < -0.4 is 11.1 Å². The number of pyridine rings is 1. The second-order valence-corrected chi connectivity index (χ2v) is 3.45. The number of nitrogens with one attached hydrogen (secondary N) is 1. The molecule has 2 aromatic rings. The molecule has 0 aliphatic carbocycles. The van der Waals surface area contributed by atoms with Crippen LogP contribution in [0.5, 0.6) is 0 Å². The Morgan fingerprint density at radius 1 is 1.24 bits per heavy atom. The topological polar surface area (TPSA) is 88.2 Å². The van der Waals surface area contributed by atoms with Crippen molar-refractivity contribution < 1.29 is 9.90 Å². The minimum atomic E-state index is -0.950. The van der Waals surface area contributed by atoms with Crippen LogP contribution in [0, 0.1) is 0 Å². The van der Waals surface area contributed by atoms with E-state index in [4.69, 9.17) is 10.8 Å². The van der Waals surface area contributed by atoms with E-state index in [0.717, 1.165) is 5.69 Å². The molecule has 4 N–H and O–H groups in total. The summed E-state index contributed by atoms with van der Waals surface area (Å²) < 4.78 is 0. The van der Waals surface area contributed by atoms with E-state index in [-0.39, 0.29) is 5.56 Å². The van der Waals surface area contributed by atoms with E-state index in [1.807, 2.05) is 0 Å². The molecule has 5 nitrogen and oxygen atoms in total. The number of aromatic nitrogens is 1. The van der Waals surface area contributed by atoms with E-state index >= 15 is 0 Å². The van der Waals surface area contributed by atoms with Crippen LogP contribution in [0.1, 0.15) is 10.4 Å². The second kappa shape index (κ2) is 4.52. The number of benzene rings is 1. The van der Waals surface area contributed by atoms with Crippen LogP contribution in [-0.4, -0.2) is 16.1 Å². The van der Waals surface area contributed by atoms with Gasteiger partial charge in [-0.1, -0.05) is 0 Å². The summed E-state index contributed by atoms with van der Waals surface area (Å²) in [6.45, 7) is 0. The third-order valence-electron chi connectivity index (χ3n) is 2.23. The summed E-state index contributed by atoms with van der Waals surface area (Å²) in [7, 11) is 0. The number of aromatic carboxylic acids is 1. The molecule has 0 fully saturated rings. The van der Waals surface area contributed by atoms with Crippen molar-refractivity contribution in [1.82, 2.24) is 4.98 Å². The summed E-state index contributed by atoms with van der Waals surface area (Å²) >= 11 is 0. The number of nitrogens with zero attached hydrogens (tertiary/aromatic N) is 1. The monoisotopic (exact) mass is 229 g/mol. The van der Waals surface area contributed by atoms with E-state index < -0.39 is 5.97 Å². The fourth-order valence-corrected chi connectivity index (χ4v) is 1.36. The lowest BCUT2D eigenvalue weighted by Gasteiger charge is -2.07. The molecule has 0 saturated carbocycles. The molecule has 1 aromatic carbocycles. The molecule has 1 aromatic heterocycles. The Kier molecular flexibility index (Phi) is 2.91. The van der Waals surface area contributed by atoms with Crippen molar-refractivity contribution in [2.45, 2.75) is 0 Å². The summed E-state index contributed by atoms with van der Waals surface area (Å²) in [6.07, 6.45) is 1.63. The van der Waals surface area contributed by atoms with Gasteiger partial charge in [-0.25, -0.2) is 9.78 Å². The Bertz CT molecular complexity index is 538. The molecule has 86 valence electrons. The highest BCUT2D eigenvalue weighted by Crippen LogP contribution is 2.19. The normalized spacial score (nSPS) is 9.88. The zero-order valence-corrected chi connectivity index (χ0v) is 8.92. The molecule has 0 spiro atoms. The molecule has 0 aliphatic heterocycles. The number of nitrogens with two attached hydrogens (primary N) is 1. The van der Waals surface area contributed by atoms with Crippen LogP contribution in [-0.2, 0) is 0 Å². The van der Waals surface area contributed by atoms with Crippen LogP contribution in [0.4, 0.5) is 17.2 Å². The molecule has 0 saturated heterocycles. The molecule has 0 unspecified atom stereocenters. The Morgan fingerprint density at radius 2 is 1.94 bits per heavy atom. The van der Waals surface area contributed by atoms with E-state index in [1.54, 1.807) is 30.5 Å². The first kappa shape index (κ1) is 10.9. The summed E-state index contributed by atoms with van der Waals surface area (Å²) in [4.78, 5) is 14.8. The van der Waals surface area contributed by atoms with Gasteiger partial charge in [-0.05, 0) is 36.4 Å². The summed E-state index contributed by atoms with van der Waals surface area (Å²) in [5, 5.41) is 11.8. The van der Waals surface area contributed by atoms with Crippen LogP contribution in [0.15, 0.2) is 42.6 Å². The van der Waals surface area contributed by atoms with Gasteiger partial charge in [-0.2, -0.15) is 0 Å². The van der Waals surface area contributed by atoms with Gasteiger partial charge >= 0.3 is 5.97 Å². The van der Waals surface area contributed by atoms with Crippen molar-refractivity contribution in [1.29, 1.82) is 0 Å². The number of rotatable bonds is 3. The number of hydrogen-bond acceptors (Lipinski definition) is 4. The van der Waals surface area contributed by atoms with Gasteiger partial charge < -0.3 is 16.2 Å². The standard InChI is InChI=1S/C12H11N3O2/c13-10-2-1-7-14-11(10)15-9-5-3-8(4-6-9)12(16)17/h1-7H,13H2,(H,14,15)(H,16,17). The Labute approximate surface area is 97.9 Å². The first-order valence-corrected chi connectivity index (χ1v) is 4.97. The maximum atomic E-state index is 10.7. The van der Waals surface area contributed by atoms with Crippen LogP contribution in [0.3, 0.4) is 0 Å². The van der Waals surface area contributed by atoms with Crippen LogP contribution >= 0.6 is 0 Å². The SMILES string of the molecule is Nc1cccnc1Nc1ccc(C(=O)O)cc1. The van der Waals surface area contributed by atoms with Gasteiger partial charge in [0.05, 0.1) is 11.3 Å². The first-order valence-electron chi connectivity index (χ1n) is 4.97. The fourth-order valence-electron chi connectivity index (χ4n) is 1.36. The number of carbonyl (C=O) groups is 1. The van der Waals surface area contributed by atoms with Crippen molar-refractivity contribution in [3.8, 4) is 0 Å². The lowest BCUT2D eigenvalue weighted by atomic mass is 10.2. The number of carboxylic acids is 1. The van der Waals surface area contributed by atoms with Crippen molar-refractivity contribution in [3.05, 3.63) is 48.2 Å². The lowest BCUT2D eigenvalue weighted by Crippen LogP contribution is -1.99.